The van der Waals surface area contributed by atoms with Crippen molar-refractivity contribution in [2.45, 2.75) is 50.2 Å². The summed E-state index contributed by atoms with van der Waals surface area (Å²) < 4.78 is 40.4. The Kier molecular flexibility index (Phi) is 12.5. The van der Waals surface area contributed by atoms with Crippen molar-refractivity contribution in [2.24, 2.45) is 0 Å². The molecule has 1 N–H and O–H groups in total. The molecule has 0 heterocycles. The molecule has 0 saturated heterocycles. The lowest BCUT2D eigenvalue weighted by atomic mass is 10.0. The van der Waals surface area contributed by atoms with Gasteiger partial charge in [-0.2, -0.15) is 0 Å². The Morgan fingerprint density at radius 2 is 1.43 bits per heavy atom. The van der Waals surface area contributed by atoms with Crippen LogP contribution in [0.5, 0.6) is 11.5 Å². The van der Waals surface area contributed by atoms with Crippen LogP contribution in [0.3, 0.4) is 0 Å². The number of ether oxygens (including phenoxy) is 2. The lowest BCUT2D eigenvalue weighted by Crippen LogP contribution is -2.56. The van der Waals surface area contributed by atoms with Crippen LogP contribution in [0.1, 0.15) is 31.9 Å². The molecule has 4 aromatic carbocycles. The molecule has 1 atom stereocenters. The van der Waals surface area contributed by atoms with Crippen LogP contribution in [-0.2, 0) is 32.6 Å². The van der Waals surface area contributed by atoms with Gasteiger partial charge in [0.05, 0.1) is 24.8 Å². The number of hydrogen-bond donors (Lipinski definition) is 1. The summed E-state index contributed by atoms with van der Waals surface area (Å²) in [7, 11) is -1.59. The molecule has 260 valence electrons. The highest BCUT2D eigenvalue weighted by Crippen LogP contribution is 2.33. The van der Waals surface area contributed by atoms with Crippen molar-refractivity contribution in [3.05, 3.63) is 117 Å². The number of methoxy groups -OCH3 is 2. The Labute approximate surface area is 302 Å². The van der Waals surface area contributed by atoms with Crippen LogP contribution in [0.25, 0.3) is 0 Å². The van der Waals surface area contributed by atoms with Crippen molar-refractivity contribution >= 4 is 62.3 Å². The maximum atomic E-state index is 14.7. The van der Waals surface area contributed by atoms with E-state index in [0.29, 0.717) is 16.3 Å². The van der Waals surface area contributed by atoms with Gasteiger partial charge in [0.15, 0.2) is 11.5 Å². The van der Waals surface area contributed by atoms with Gasteiger partial charge in [0.2, 0.25) is 11.8 Å². The van der Waals surface area contributed by atoms with Gasteiger partial charge in [-0.05, 0) is 74.9 Å². The van der Waals surface area contributed by atoms with Gasteiger partial charge in [-0.1, -0.05) is 71.2 Å². The van der Waals surface area contributed by atoms with Crippen molar-refractivity contribution < 1.29 is 27.5 Å². The second-order valence-corrected chi connectivity index (χ2v) is 15.3. The van der Waals surface area contributed by atoms with Gasteiger partial charge < -0.3 is 19.7 Å². The Morgan fingerprint density at radius 3 is 2.00 bits per heavy atom. The van der Waals surface area contributed by atoms with Crippen LogP contribution in [0.15, 0.2) is 95.9 Å². The van der Waals surface area contributed by atoms with Gasteiger partial charge in [0.25, 0.3) is 10.0 Å². The van der Waals surface area contributed by atoms with E-state index in [1.807, 2.05) is 51.1 Å². The second kappa shape index (κ2) is 16.2. The summed E-state index contributed by atoms with van der Waals surface area (Å²) in [5, 5.41) is 3.93. The highest BCUT2D eigenvalue weighted by molar-refractivity contribution is 7.92. The third kappa shape index (κ3) is 9.60. The first-order chi connectivity index (χ1) is 23.1. The van der Waals surface area contributed by atoms with Gasteiger partial charge in [-0.3, -0.25) is 13.9 Å². The predicted molar refractivity (Wildman–Crippen MR) is 194 cm³/mol. The topological polar surface area (TPSA) is 105 Å². The molecule has 0 fully saturated rings. The standard InChI is InChI=1S/C36H38Cl3N3O6S/c1-36(2,3)40-35(44)31(20-24-10-7-6-8-11-24)41(22-28-29(38)12-9-13-30(28)39)34(43)23-42(26-16-14-25(37)15-17-26)49(45,46)27-18-19-32(47-4)33(21-27)48-5/h6-19,21,31H,20,22-23H2,1-5H3,(H,40,44)/t31-/m0/s1. The zero-order valence-electron chi connectivity index (χ0n) is 27.7. The number of nitrogens with zero attached hydrogens (tertiary/aromatic N) is 2. The Balaban J connectivity index is 1.87. The van der Waals surface area contributed by atoms with Crippen LogP contribution in [0.2, 0.25) is 15.1 Å². The molecule has 49 heavy (non-hydrogen) atoms. The van der Waals surface area contributed by atoms with E-state index >= 15 is 0 Å². The largest absolute Gasteiger partial charge is 0.493 e. The number of anilines is 1. The van der Waals surface area contributed by atoms with Crippen molar-refractivity contribution in [3.8, 4) is 11.5 Å². The number of hydrogen-bond acceptors (Lipinski definition) is 6. The third-order valence-corrected chi connectivity index (χ3v) is 10.2. The third-order valence-electron chi connectivity index (χ3n) is 7.50. The molecule has 2 amide bonds. The first-order valence-electron chi connectivity index (χ1n) is 15.2. The summed E-state index contributed by atoms with van der Waals surface area (Å²) >= 11 is 19.3. The van der Waals surface area contributed by atoms with Crippen LogP contribution >= 0.6 is 34.8 Å². The lowest BCUT2D eigenvalue weighted by Gasteiger charge is -2.35. The summed E-state index contributed by atoms with van der Waals surface area (Å²) in [6.45, 7) is 4.63. The molecule has 0 spiro atoms. The lowest BCUT2D eigenvalue weighted by molar-refractivity contribution is -0.140. The van der Waals surface area contributed by atoms with Gasteiger partial charge in [-0.15, -0.1) is 0 Å². The molecule has 4 aromatic rings. The highest BCUT2D eigenvalue weighted by Gasteiger charge is 2.36. The quantitative estimate of drug-likeness (QED) is 0.153. The van der Waals surface area contributed by atoms with Crippen LogP contribution in [-0.4, -0.2) is 57.5 Å². The molecule has 0 aliphatic heterocycles. The number of rotatable bonds is 13. The smallest absolute Gasteiger partial charge is 0.264 e. The minimum atomic E-state index is -4.42. The van der Waals surface area contributed by atoms with Gasteiger partial charge in [-0.25, -0.2) is 8.42 Å². The van der Waals surface area contributed by atoms with Gasteiger partial charge >= 0.3 is 0 Å². The number of sulfonamides is 1. The number of nitrogens with one attached hydrogen (secondary N) is 1. The number of carbonyl (C=O) groups is 2. The molecule has 0 aliphatic carbocycles. The maximum absolute atomic E-state index is 14.7. The first-order valence-corrected chi connectivity index (χ1v) is 17.8. The summed E-state index contributed by atoms with van der Waals surface area (Å²) in [6.07, 6.45) is 0.125. The minimum absolute atomic E-state index is 0.125. The van der Waals surface area contributed by atoms with Crippen molar-refractivity contribution in [3.63, 3.8) is 0 Å². The molecule has 0 unspecified atom stereocenters. The molecule has 13 heteroatoms. The Hall–Kier alpha value is -3.96. The summed E-state index contributed by atoms with van der Waals surface area (Å²) in [6, 6.07) is 23.3. The van der Waals surface area contributed by atoms with Gasteiger partial charge in [0.1, 0.15) is 12.6 Å². The minimum Gasteiger partial charge on any atom is -0.493 e. The van der Waals surface area contributed by atoms with Crippen LogP contribution < -0.4 is 19.1 Å². The van der Waals surface area contributed by atoms with Crippen LogP contribution in [0, 0.1) is 0 Å². The van der Waals surface area contributed by atoms with E-state index in [9.17, 15) is 18.0 Å². The zero-order chi connectivity index (χ0) is 35.9. The van der Waals surface area contributed by atoms with Crippen LogP contribution in [0.4, 0.5) is 5.69 Å². The Bertz CT molecular complexity index is 1860. The fourth-order valence-corrected chi connectivity index (χ4v) is 7.17. The summed E-state index contributed by atoms with van der Waals surface area (Å²) in [4.78, 5) is 30.0. The number of benzene rings is 4. The average molecular weight is 747 g/mol. The van der Waals surface area contributed by atoms with Gasteiger partial charge in [0, 0.05) is 45.2 Å². The number of halogens is 3. The fourth-order valence-electron chi connectivity index (χ4n) is 5.10. The van der Waals surface area contributed by atoms with E-state index in [2.05, 4.69) is 5.32 Å². The maximum Gasteiger partial charge on any atom is 0.264 e. The Morgan fingerprint density at radius 1 is 0.816 bits per heavy atom. The molecule has 0 saturated carbocycles. The molecule has 0 bridgehead atoms. The van der Waals surface area contributed by atoms with E-state index < -0.39 is 40.0 Å². The first kappa shape index (κ1) is 37.9. The normalized spacial score (nSPS) is 12.2. The molecule has 0 radical (unpaired) electrons. The predicted octanol–water partition coefficient (Wildman–Crippen LogP) is 7.41. The number of amides is 2. The monoisotopic (exact) mass is 745 g/mol. The SMILES string of the molecule is COc1ccc(S(=O)(=O)N(CC(=O)N(Cc2c(Cl)cccc2Cl)[C@@H](Cc2ccccc2)C(=O)NC(C)(C)C)c2ccc(Cl)cc2)cc1OC. The van der Waals surface area contributed by atoms with E-state index in [1.165, 1.54) is 61.6 Å². The summed E-state index contributed by atoms with van der Waals surface area (Å²) in [5.74, 6) is -0.608. The number of carbonyl (C=O) groups excluding carboxylic acids is 2. The average Bonchev–Trinajstić information content (AvgIpc) is 3.06. The fraction of sp³-hybridized carbons (Fsp3) is 0.278. The molecular weight excluding hydrogens is 709 g/mol. The molecular formula is C36H38Cl3N3O6S. The van der Waals surface area contributed by atoms with E-state index in [0.717, 1.165) is 9.87 Å². The van der Waals surface area contributed by atoms with E-state index in [-0.39, 0.29) is 39.3 Å². The molecule has 9 nitrogen and oxygen atoms in total. The summed E-state index contributed by atoms with van der Waals surface area (Å²) in [5.41, 5.74) is 0.713. The molecule has 0 aromatic heterocycles. The molecule has 4 rings (SSSR count). The van der Waals surface area contributed by atoms with Crippen molar-refractivity contribution in [2.75, 3.05) is 25.1 Å². The van der Waals surface area contributed by atoms with E-state index in [1.54, 1.807) is 18.2 Å². The highest BCUT2D eigenvalue weighted by atomic mass is 35.5. The zero-order valence-corrected chi connectivity index (χ0v) is 30.8. The van der Waals surface area contributed by atoms with Crippen molar-refractivity contribution in [1.29, 1.82) is 0 Å². The van der Waals surface area contributed by atoms with Crippen molar-refractivity contribution in [1.82, 2.24) is 10.2 Å². The second-order valence-electron chi connectivity index (χ2n) is 12.2. The van der Waals surface area contributed by atoms with E-state index in [4.69, 9.17) is 44.3 Å². The molecule has 0 aliphatic rings.